The first kappa shape index (κ1) is 17.6. The normalized spacial score (nSPS) is 15.6. The highest BCUT2D eigenvalue weighted by Gasteiger charge is 2.26. The molecular weight excluding hydrogens is 318 g/mol. The molecule has 25 heavy (non-hydrogen) atoms. The Kier molecular flexibility index (Phi) is 5.50. The van der Waals surface area contributed by atoms with E-state index in [1.165, 1.54) is 24.1 Å². The molecule has 6 heteroatoms. The van der Waals surface area contributed by atoms with Gasteiger partial charge in [0.05, 0.1) is 12.3 Å². The van der Waals surface area contributed by atoms with Gasteiger partial charge in [-0.25, -0.2) is 0 Å². The minimum absolute atomic E-state index is 0.0483. The van der Waals surface area contributed by atoms with Crippen LogP contribution in [0, 0.1) is 0 Å². The number of rotatable bonds is 6. The van der Waals surface area contributed by atoms with Crippen LogP contribution in [0.25, 0.3) is 0 Å². The van der Waals surface area contributed by atoms with Crippen LogP contribution in [0.1, 0.15) is 53.4 Å². The van der Waals surface area contributed by atoms with Gasteiger partial charge in [-0.15, -0.1) is 0 Å². The average molecular weight is 343 g/mol. The summed E-state index contributed by atoms with van der Waals surface area (Å²) in [5, 5.41) is 26.5. The monoisotopic (exact) mass is 343 g/mol. The van der Waals surface area contributed by atoms with Gasteiger partial charge in [-0.3, -0.25) is 14.8 Å². The molecule has 2 aromatic rings. The average Bonchev–Trinajstić information content (AvgIpc) is 2.82. The van der Waals surface area contributed by atoms with E-state index >= 15 is 0 Å². The maximum Gasteiger partial charge on any atom is 0.325 e. The largest absolute Gasteiger partial charge is 0.480 e. The third-order valence-corrected chi connectivity index (χ3v) is 4.94. The first-order valence-corrected chi connectivity index (χ1v) is 8.78. The van der Waals surface area contributed by atoms with Crippen molar-refractivity contribution in [1.82, 2.24) is 15.1 Å². The Morgan fingerprint density at radius 2 is 1.96 bits per heavy atom. The number of aliphatic hydroxyl groups is 1. The number of carbonyl (C=O) groups is 1. The smallest absolute Gasteiger partial charge is 0.325 e. The van der Waals surface area contributed by atoms with E-state index in [2.05, 4.69) is 10.2 Å². The molecule has 0 radical (unpaired) electrons. The lowest BCUT2D eigenvalue weighted by molar-refractivity contribution is -0.143. The molecule has 1 aliphatic carbocycles. The highest BCUT2D eigenvalue weighted by atomic mass is 16.4. The van der Waals surface area contributed by atoms with Crippen LogP contribution in [0.2, 0.25) is 0 Å². The SMILES string of the molecule is CN(Cc1n[nH]c2c1CCCCC2)[C@H](C(=O)O)c1ccc(CO)cc1. The fourth-order valence-electron chi connectivity index (χ4n) is 3.58. The van der Waals surface area contributed by atoms with Gasteiger partial charge in [0, 0.05) is 12.2 Å². The van der Waals surface area contributed by atoms with Crippen LogP contribution < -0.4 is 0 Å². The first-order valence-electron chi connectivity index (χ1n) is 8.78. The van der Waals surface area contributed by atoms with Crippen LogP contribution in [0.5, 0.6) is 0 Å². The summed E-state index contributed by atoms with van der Waals surface area (Å²) in [7, 11) is 1.82. The minimum Gasteiger partial charge on any atom is -0.480 e. The van der Waals surface area contributed by atoms with Crippen LogP contribution >= 0.6 is 0 Å². The Hall–Kier alpha value is -2.18. The van der Waals surface area contributed by atoms with Crippen LogP contribution in [0.3, 0.4) is 0 Å². The first-order chi connectivity index (χ1) is 12.1. The molecule has 1 aliphatic rings. The second-order valence-corrected chi connectivity index (χ2v) is 6.74. The molecule has 0 aliphatic heterocycles. The van der Waals surface area contributed by atoms with Gasteiger partial charge in [0.15, 0.2) is 0 Å². The summed E-state index contributed by atoms with van der Waals surface area (Å²) in [6.07, 6.45) is 5.61. The number of aliphatic hydroxyl groups excluding tert-OH is 1. The molecule has 1 aromatic carbocycles. The minimum atomic E-state index is -0.888. The summed E-state index contributed by atoms with van der Waals surface area (Å²) in [5.41, 5.74) is 4.91. The highest BCUT2D eigenvalue weighted by molar-refractivity contribution is 5.75. The number of hydrogen-bond donors (Lipinski definition) is 3. The molecule has 0 unspecified atom stereocenters. The van der Waals surface area contributed by atoms with Crippen LogP contribution in [0.15, 0.2) is 24.3 Å². The molecule has 0 spiro atoms. The van der Waals surface area contributed by atoms with Crippen molar-refractivity contribution in [3.05, 3.63) is 52.3 Å². The van der Waals surface area contributed by atoms with Crippen molar-refractivity contribution in [2.24, 2.45) is 0 Å². The van der Waals surface area contributed by atoms with Crippen LogP contribution in [0.4, 0.5) is 0 Å². The second kappa shape index (κ2) is 7.80. The quantitative estimate of drug-likeness (QED) is 0.701. The summed E-state index contributed by atoms with van der Waals surface area (Å²) >= 11 is 0. The molecule has 0 saturated heterocycles. The maximum absolute atomic E-state index is 11.8. The molecule has 3 rings (SSSR count). The number of nitrogens with zero attached hydrogens (tertiary/aromatic N) is 2. The zero-order chi connectivity index (χ0) is 17.8. The van der Waals surface area contributed by atoms with Gasteiger partial charge in [-0.05, 0) is 49.4 Å². The Morgan fingerprint density at radius 3 is 2.64 bits per heavy atom. The third-order valence-electron chi connectivity index (χ3n) is 4.94. The van der Waals surface area contributed by atoms with E-state index in [-0.39, 0.29) is 6.61 Å². The van der Waals surface area contributed by atoms with Crippen LogP contribution in [-0.4, -0.2) is 38.3 Å². The zero-order valence-corrected chi connectivity index (χ0v) is 14.5. The zero-order valence-electron chi connectivity index (χ0n) is 14.5. The molecule has 1 aromatic heterocycles. The molecule has 0 bridgehead atoms. The number of likely N-dealkylation sites (N-methyl/N-ethyl adjacent to an activating group) is 1. The van der Waals surface area contributed by atoms with Gasteiger partial charge in [0.2, 0.25) is 0 Å². The molecular formula is C19H25N3O3. The van der Waals surface area contributed by atoms with Crippen molar-refractivity contribution in [3.8, 4) is 0 Å². The van der Waals surface area contributed by atoms with E-state index in [4.69, 9.17) is 5.11 Å². The van der Waals surface area contributed by atoms with Crippen molar-refractivity contribution in [2.75, 3.05) is 7.05 Å². The number of fused-ring (bicyclic) bond motifs is 1. The standard InChI is InChI=1S/C19H25N3O3/c1-22(11-17-15-5-3-2-4-6-16(15)20-21-17)18(19(24)25)14-9-7-13(12-23)8-10-14/h7-10,18,23H,2-6,11-12H2,1H3,(H,20,21)(H,24,25)/t18-/m0/s1. The number of nitrogens with one attached hydrogen (secondary N) is 1. The number of hydrogen-bond acceptors (Lipinski definition) is 4. The number of aryl methyl sites for hydroxylation is 1. The molecule has 6 nitrogen and oxygen atoms in total. The van der Waals surface area contributed by atoms with Crippen LogP contribution in [-0.2, 0) is 30.8 Å². The van der Waals surface area contributed by atoms with Gasteiger partial charge in [-0.2, -0.15) is 5.10 Å². The predicted molar refractivity (Wildman–Crippen MR) is 94.1 cm³/mol. The molecule has 1 atom stereocenters. The molecule has 3 N–H and O–H groups in total. The number of H-pyrrole nitrogens is 1. The lowest BCUT2D eigenvalue weighted by atomic mass is 10.0. The third kappa shape index (κ3) is 3.91. The van der Waals surface area contributed by atoms with E-state index < -0.39 is 12.0 Å². The lowest BCUT2D eigenvalue weighted by Crippen LogP contribution is -2.31. The lowest BCUT2D eigenvalue weighted by Gasteiger charge is -2.24. The Morgan fingerprint density at radius 1 is 1.24 bits per heavy atom. The summed E-state index contributed by atoms with van der Waals surface area (Å²) < 4.78 is 0. The number of aromatic amines is 1. The predicted octanol–water partition coefficient (Wildman–Crippen LogP) is 2.43. The van der Waals surface area contributed by atoms with E-state index in [9.17, 15) is 9.90 Å². The van der Waals surface area contributed by atoms with Gasteiger partial charge in [0.1, 0.15) is 6.04 Å². The van der Waals surface area contributed by atoms with E-state index in [1.54, 1.807) is 24.3 Å². The van der Waals surface area contributed by atoms with Gasteiger partial charge in [0.25, 0.3) is 0 Å². The molecule has 0 fully saturated rings. The van der Waals surface area contributed by atoms with Gasteiger partial charge in [-0.1, -0.05) is 30.7 Å². The second-order valence-electron chi connectivity index (χ2n) is 6.74. The van der Waals surface area contributed by atoms with E-state index in [0.29, 0.717) is 12.1 Å². The Bertz CT molecular complexity index is 724. The number of benzene rings is 1. The summed E-state index contributed by atoms with van der Waals surface area (Å²) in [6.45, 7) is 0.442. The Labute approximate surface area is 147 Å². The molecule has 134 valence electrons. The van der Waals surface area contributed by atoms with Crippen molar-refractivity contribution in [1.29, 1.82) is 0 Å². The molecule has 1 heterocycles. The molecule has 0 amide bonds. The molecule has 0 saturated carbocycles. The summed E-state index contributed by atoms with van der Waals surface area (Å²) in [4.78, 5) is 13.7. The number of carboxylic acid groups (broad SMARTS) is 1. The van der Waals surface area contributed by atoms with E-state index in [0.717, 1.165) is 30.5 Å². The van der Waals surface area contributed by atoms with Gasteiger partial charge < -0.3 is 10.2 Å². The number of carboxylic acids is 1. The van der Waals surface area contributed by atoms with E-state index in [1.807, 2.05) is 11.9 Å². The summed E-state index contributed by atoms with van der Waals surface area (Å²) in [5.74, 6) is -0.888. The van der Waals surface area contributed by atoms with Crippen molar-refractivity contribution in [3.63, 3.8) is 0 Å². The fourth-order valence-corrected chi connectivity index (χ4v) is 3.58. The fraction of sp³-hybridized carbons (Fsp3) is 0.474. The highest BCUT2D eigenvalue weighted by Crippen LogP contribution is 2.26. The number of aromatic nitrogens is 2. The van der Waals surface area contributed by atoms with Gasteiger partial charge >= 0.3 is 5.97 Å². The number of aliphatic carboxylic acids is 1. The topological polar surface area (TPSA) is 89.5 Å². The van der Waals surface area contributed by atoms with Crippen molar-refractivity contribution in [2.45, 2.75) is 51.3 Å². The maximum atomic E-state index is 11.8. The van der Waals surface area contributed by atoms with Crippen molar-refractivity contribution >= 4 is 5.97 Å². The Balaban J connectivity index is 1.80. The van der Waals surface area contributed by atoms with Crippen molar-refractivity contribution < 1.29 is 15.0 Å². The summed E-state index contributed by atoms with van der Waals surface area (Å²) in [6, 6.07) is 6.32.